The fraction of sp³-hybridized carbons (Fsp3) is 0.0811. The van der Waals surface area contributed by atoms with Crippen molar-refractivity contribution in [3.8, 4) is 39.1 Å². The van der Waals surface area contributed by atoms with Crippen molar-refractivity contribution in [3.05, 3.63) is 137 Å². The van der Waals surface area contributed by atoms with Gasteiger partial charge in [-0.25, -0.2) is 0 Å². The SMILES string of the molecule is CC=c1c(=CC)n(-c2ccccc2)c2ccc(-c3cccc(-c4cc(C)cc(-c5ccccc5)c4)c3)cc12. The molecule has 0 bridgehead atoms. The van der Waals surface area contributed by atoms with Crippen molar-refractivity contribution in [1.29, 1.82) is 0 Å². The molecule has 0 unspecified atom stereocenters. The molecule has 0 saturated carbocycles. The summed E-state index contributed by atoms with van der Waals surface area (Å²) in [5.74, 6) is 0. The van der Waals surface area contributed by atoms with Crippen LogP contribution in [0.2, 0.25) is 0 Å². The maximum Gasteiger partial charge on any atom is 0.0541 e. The van der Waals surface area contributed by atoms with E-state index in [1.54, 1.807) is 0 Å². The van der Waals surface area contributed by atoms with E-state index in [0.717, 1.165) is 0 Å². The molecule has 5 aromatic carbocycles. The van der Waals surface area contributed by atoms with Crippen molar-refractivity contribution in [3.63, 3.8) is 0 Å². The van der Waals surface area contributed by atoms with Gasteiger partial charge in [-0.15, -0.1) is 0 Å². The second kappa shape index (κ2) is 10.0. The predicted molar refractivity (Wildman–Crippen MR) is 164 cm³/mol. The number of nitrogens with zero attached hydrogens (tertiary/aromatic N) is 1. The van der Waals surface area contributed by atoms with Gasteiger partial charge in [0.2, 0.25) is 0 Å². The summed E-state index contributed by atoms with van der Waals surface area (Å²) in [5.41, 5.74) is 11.1. The molecule has 0 fully saturated rings. The zero-order valence-corrected chi connectivity index (χ0v) is 22.1. The van der Waals surface area contributed by atoms with E-state index < -0.39 is 0 Å². The molecule has 0 aliphatic carbocycles. The number of fused-ring (bicyclic) bond motifs is 1. The average molecular weight is 490 g/mol. The predicted octanol–water partition coefficient (Wildman–Crippen LogP) is 8.54. The van der Waals surface area contributed by atoms with Gasteiger partial charge in [-0.05, 0) is 96.1 Å². The minimum absolute atomic E-state index is 1.18. The Morgan fingerprint density at radius 1 is 0.500 bits per heavy atom. The molecule has 184 valence electrons. The third-order valence-electron chi connectivity index (χ3n) is 7.33. The maximum atomic E-state index is 2.36. The average Bonchev–Trinajstić information content (AvgIpc) is 3.30. The summed E-state index contributed by atoms with van der Waals surface area (Å²) in [5, 5.41) is 3.78. The van der Waals surface area contributed by atoms with Crippen LogP contribution in [0.3, 0.4) is 0 Å². The van der Waals surface area contributed by atoms with E-state index in [2.05, 4.69) is 159 Å². The van der Waals surface area contributed by atoms with Crippen LogP contribution in [0, 0.1) is 6.92 Å². The molecule has 0 radical (unpaired) electrons. The molecule has 6 aromatic rings. The standard InChI is InChI=1S/C37H31N/c1-4-34-35-25-30(19-20-37(35)38(36(34)5-2)33-17-10-7-11-18-33)28-15-12-16-29(23-28)32-22-26(3)21-31(24-32)27-13-8-6-9-14-27/h4-25H,1-3H3. The van der Waals surface area contributed by atoms with E-state index in [-0.39, 0.29) is 0 Å². The highest BCUT2D eigenvalue weighted by Crippen LogP contribution is 2.32. The second-order valence-electron chi connectivity index (χ2n) is 9.81. The topological polar surface area (TPSA) is 4.93 Å². The number of benzene rings is 5. The van der Waals surface area contributed by atoms with Crippen LogP contribution in [0.4, 0.5) is 0 Å². The number of hydrogen-bond acceptors (Lipinski definition) is 0. The molecule has 0 atom stereocenters. The molecule has 1 nitrogen and oxygen atoms in total. The first-order valence-electron chi connectivity index (χ1n) is 13.3. The summed E-state index contributed by atoms with van der Waals surface area (Å²) in [6.07, 6.45) is 4.44. The van der Waals surface area contributed by atoms with Gasteiger partial charge in [0.25, 0.3) is 0 Å². The van der Waals surface area contributed by atoms with Crippen molar-refractivity contribution < 1.29 is 0 Å². The van der Waals surface area contributed by atoms with Crippen LogP contribution in [-0.4, -0.2) is 4.57 Å². The van der Waals surface area contributed by atoms with E-state index >= 15 is 0 Å². The largest absolute Gasteiger partial charge is 0.310 e. The Morgan fingerprint density at radius 3 is 1.76 bits per heavy atom. The third-order valence-corrected chi connectivity index (χ3v) is 7.33. The zero-order valence-electron chi connectivity index (χ0n) is 22.1. The minimum atomic E-state index is 1.18. The smallest absolute Gasteiger partial charge is 0.0541 e. The lowest BCUT2D eigenvalue weighted by atomic mass is 9.94. The molecule has 0 aliphatic rings. The molecule has 0 aliphatic heterocycles. The van der Waals surface area contributed by atoms with Crippen LogP contribution in [0.1, 0.15) is 19.4 Å². The molecule has 0 saturated heterocycles. The Bertz CT molecular complexity index is 1870. The van der Waals surface area contributed by atoms with Crippen molar-refractivity contribution >= 4 is 23.1 Å². The number of para-hydroxylation sites is 1. The second-order valence-corrected chi connectivity index (χ2v) is 9.81. The molecule has 0 amide bonds. The fourth-order valence-electron chi connectivity index (χ4n) is 5.58. The van der Waals surface area contributed by atoms with Gasteiger partial charge in [0.1, 0.15) is 0 Å². The van der Waals surface area contributed by atoms with Gasteiger partial charge in [-0.3, -0.25) is 0 Å². The number of hydrogen-bond donors (Lipinski definition) is 0. The first-order chi connectivity index (χ1) is 18.7. The first kappa shape index (κ1) is 23.8. The Hall–Kier alpha value is -4.62. The molecule has 1 heterocycles. The lowest BCUT2D eigenvalue weighted by Gasteiger charge is -2.11. The van der Waals surface area contributed by atoms with Gasteiger partial charge in [0.05, 0.1) is 5.52 Å². The molecule has 0 spiro atoms. The maximum absolute atomic E-state index is 2.36. The van der Waals surface area contributed by atoms with Crippen LogP contribution in [-0.2, 0) is 0 Å². The van der Waals surface area contributed by atoms with E-state index in [0.29, 0.717) is 0 Å². The molecule has 1 heteroatoms. The fourth-order valence-corrected chi connectivity index (χ4v) is 5.58. The monoisotopic (exact) mass is 489 g/mol. The van der Waals surface area contributed by atoms with E-state index in [9.17, 15) is 0 Å². The number of aryl methyl sites for hydroxylation is 1. The molecule has 0 N–H and O–H groups in total. The number of rotatable bonds is 4. The summed E-state index contributed by atoms with van der Waals surface area (Å²) >= 11 is 0. The molecular weight excluding hydrogens is 458 g/mol. The lowest BCUT2D eigenvalue weighted by molar-refractivity contribution is 1.07. The normalized spacial score (nSPS) is 12.4. The lowest BCUT2D eigenvalue weighted by Crippen LogP contribution is -2.27. The minimum Gasteiger partial charge on any atom is -0.310 e. The van der Waals surface area contributed by atoms with Gasteiger partial charge < -0.3 is 4.57 Å². The van der Waals surface area contributed by atoms with Gasteiger partial charge in [0, 0.05) is 21.6 Å². The Morgan fingerprint density at radius 2 is 1.08 bits per heavy atom. The van der Waals surface area contributed by atoms with Crippen molar-refractivity contribution in [2.45, 2.75) is 20.8 Å². The van der Waals surface area contributed by atoms with E-state index in [1.807, 2.05) is 0 Å². The van der Waals surface area contributed by atoms with Gasteiger partial charge >= 0.3 is 0 Å². The molecule has 6 rings (SSSR count). The summed E-state index contributed by atoms with van der Waals surface area (Å²) in [6, 6.07) is 43.9. The Balaban J connectivity index is 1.48. The van der Waals surface area contributed by atoms with Crippen molar-refractivity contribution in [1.82, 2.24) is 4.57 Å². The van der Waals surface area contributed by atoms with Crippen LogP contribution in [0.15, 0.2) is 121 Å². The molecule has 1 aromatic heterocycles. The highest BCUT2D eigenvalue weighted by molar-refractivity contribution is 5.89. The summed E-state index contributed by atoms with van der Waals surface area (Å²) in [7, 11) is 0. The van der Waals surface area contributed by atoms with Crippen LogP contribution >= 0.6 is 0 Å². The highest BCUT2D eigenvalue weighted by Gasteiger charge is 2.11. The van der Waals surface area contributed by atoms with E-state index in [4.69, 9.17) is 0 Å². The Labute approximate surface area is 224 Å². The quantitative estimate of drug-likeness (QED) is 0.234. The Kier molecular flexibility index (Phi) is 6.27. The van der Waals surface area contributed by atoms with Gasteiger partial charge in [-0.1, -0.05) is 97.1 Å². The highest BCUT2D eigenvalue weighted by atomic mass is 15.0. The van der Waals surface area contributed by atoms with Crippen LogP contribution < -0.4 is 10.6 Å². The van der Waals surface area contributed by atoms with Crippen molar-refractivity contribution in [2.24, 2.45) is 0 Å². The van der Waals surface area contributed by atoms with Gasteiger partial charge in [-0.2, -0.15) is 0 Å². The van der Waals surface area contributed by atoms with Crippen LogP contribution in [0.5, 0.6) is 0 Å². The molecular formula is C37H31N. The van der Waals surface area contributed by atoms with E-state index in [1.165, 1.54) is 66.1 Å². The van der Waals surface area contributed by atoms with Crippen LogP contribution in [0.25, 0.3) is 62.1 Å². The zero-order chi connectivity index (χ0) is 26.1. The summed E-state index contributed by atoms with van der Waals surface area (Å²) in [4.78, 5) is 0. The summed E-state index contributed by atoms with van der Waals surface area (Å²) < 4.78 is 2.36. The summed E-state index contributed by atoms with van der Waals surface area (Å²) in [6.45, 7) is 6.43. The first-order valence-corrected chi connectivity index (χ1v) is 13.3. The van der Waals surface area contributed by atoms with Gasteiger partial charge in [0.15, 0.2) is 0 Å². The van der Waals surface area contributed by atoms with Crippen molar-refractivity contribution in [2.75, 3.05) is 0 Å². The number of aromatic nitrogens is 1. The third kappa shape index (κ3) is 4.27. The molecule has 38 heavy (non-hydrogen) atoms.